The molecule has 42 heavy (non-hydrogen) atoms. The van der Waals surface area contributed by atoms with Crippen LogP contribution in [0.25, 0.3) is 17.1 Å². The van der Waals surface area contributed by atoms with E-state index in [0.29, 0.717) is 24.9 Å². The van der Waals surface area contributed by atoms with E-state index >= 15 is 0 Å². The van der Waals surface area contributed by atoms with Crippen molar-refractivity contribution in [3.8, 4) is 0 Å². The number of carboxylic acid groups (broad SMARTS) is 1. The second kappa shape index (κ2) is 13.0. The highest BCUT2D eigenvalue weighted by Gasteiger charge is 2.42. The normalized spacial score (nSPS) is 16.3. The number of aromatic nitrogens is 2. The zero-order valence-corrected chi connectivity index (χ0v) is 24.2. The Bertz CT molecular complexity index is 1570. The summed E-state index contributed by atoms with van der Waals surface area (Å²) >= 11 is 0. The molecule has 0 saturated heterocycles. The summed E-state index contributed by atoms with van der Waals surface area (Å²) in [6, 6.07) is 22.0. The number of anilines is 1. The molecule has 1 aromatic heterocycles. The number of hydrogen-bond donors (Lipinski definition) is 4. The first kappa shape index (κ1) is 29.1. The van der Waals surface area contributed by atoms with E-state index in [1.54, 1.807) is 6.08 Å². The number of para-hydroxylation sites is 1. The molecule has 1 fully saturated rings. The first-order chi connectivity index (χ1) is 20.3. The minimum Gasteiger partial charge on any atom is -0.478 e. The van der Waals surface area contributed by atoms with Gasteiger partial charge in [0.2, 0.25) is 0 Å². The van der Waals surface area contributed by atoms with Crippen molar-refractivity contribution in [3.63, 3.8) is 0 Å². The van der Waals surface area contributed by atoms with E-state index in [4.69, 9.17) is 15.8 Å². The van der Waals surface area contributed by atoms with Gasteiger partial charge in [0.1, 0.15) is 5.82 Å². The van der Waals surface area contributed by atoms with Crippen molar-refractivity contribution in [2.45, 2.75) is 64.6 Å². The number of fused-ring (bicyclic) bond motifs is 2. The maximum atomic E-state index is 12.9. The molecule has 0 spiro atoms. The number of aliphatic carboxylic acids is 1. The third-order valence-corrected chi connectivity index (χ3v) is 7.77. The Labute approximate surface area is 246 Å². The number of carbonyl (C=O) groups excluding carboxylic acids is 1. The lowest BCUT2D eigenvalue weighted by Gasteiger charge is -2.37. The van der Waals surface area contributed by atoms with Gasteiger partial charge >= 0.3 is 12.0 Å². The monoisotopic (exact) mass is 565 g/mol. The molecule has 1 aliphatic heterocycles. The fraction of sp³-hybridized carbons (Fsp3) is 0.324. The Balaban J connectivity index is 0.000000271. The molecule has 1 atom stereocenters. The SMILES string of the molecule is CC(C)CCc1c(CN)ccc2[nH]c(CC3c4ccccc4NC(=O)N3C3CC3)nc12.O=C(O)C=Cc1ccccc1. The van der Waals surface area contributed by atoms with E-state index < -0.39 is 5.97 Å². The molecule has 218 valence electrons. The Morgan fingerprint density at radius 2 is 1.83 bits per heavy atom. The number of nitrogens with two attached hydrogens (primary N) is 1. The molecule has 1 aliphatic carbocycles. The number of aryl methyl sites for hydroxylation is 1. The number of aromatic amines is 1. The molecule has 2 heterocycles. The summed E-state index contributed by atoms with van der Waals surface area (Å²) in [5, 5.41) is 11.4. The number of carbonyl (C=O) groups is 2. The highest BCUT2D eigenvalue weighted by atomic mass is 16.4. The Morgan fingerprint density at radius 3 is 2.52 bits per heavy atom. The molecule has 0 radical (unpaired) electrons. The van der Waals surface area contributed by atoms with E-state index in [1.165, 1.54) is 11.1 Å². The highest BCUT2D eigenvalue weighted by Crippen LogP contribution is 2.42. The number of hydrogen-bond acceptors (Lipinski definition) is 4. The summed E-state index contributed by atoms with van der Waals surface area (Å²) < 4.78 is 0. The standard InChI is InChI=1S/C25H31N5O.C9H8O2/c1-15(2)7-11-18-16(14-26)8-12-21-24(18)29-23(27-21)13-22-19-5-3-4-6-20(19)28-25(31)30(22)17-9-10-17;10-9(11)7-6-8-4-2-1-3-5-8/h3-6,8,12,15,17,22H,7,9-11,13-14,26H2,1-2H3,(H,27,29)(H,28,31);1-7H,(H,10,11). The quantitative estimate of drug-likeness (QED) is 0.168. The maximum Gasteiger partial charge on any atom is 0.328 e. The van der Waals surface area contributed by atoms with E-state index in [2.05, 4.69) is 42.3 Å². The summed E-state index contributed by atoms with van der Waals surface area (Å²) in [6.07, 6.45) is 7.60. The molecule has 8 heteroatoms. The van der Waals surface area contributed by atoms with Crippen LogP contribution in [0, 0.1) is 5.92 Å². The van der Waals surface area contributed by atoms with Crippen molar-refractivity contribution in [1.29, 1.82) is 0 Å². The Kier molecular flexibility index (Phi) is 9.03. The van der Waals surface area contributed by atoms with E-state index in [1.807, 2.05) is 53.4 Å². The number of H-pyrrole nitrogens is 1. The van der Waals surface area contributed by atoms with E-state index in [0.717, 1.165) is 65.4 Å². The van der Waals surface area contributed by atoms with Crippen LogP contribution in [0.5, 0.6) is 0 Å². The molecule has 1 saturated carbocycles. The van der Waals surface area contributed by atoms with Crippen LogP contribution in [0.2, 0.25) is 0 Å². The van der Waals surface area contributed by atoms with E-state index in [-0.39, 0.29) is 12.1 Å². The molecule has 6 rings (SSSR count). The summed E-state index contributed by atoms with van der Waals surface area (Å²) in [7, 11) is 0. The van der Waals surface area contributed by atoms with Crippen molar-refractivity contribution in [2.75, 3.05) is 5.32 Å². The van der Waals surface area contributed by atoms with Crippen molar-refractivity contribution < 1.29 is 14.7 Å². The van der Waals surface area contributed by atoms with Crippen LogP contribution in [0.15, 0.2) is 72.8 Å². The number of amides is 2. The zero-order chi connectivity index (χ0) is 29.6. The van der Waals surface area contributed by atoms with Crippen LogP contribution in [0.3, 0.4) is 0 Å². The van der Waals surface area contributed by atoms with E-state index in [9.17, 15) is 9.59 Å². The third-order valence-electron chi connectivity index (χ3n) is 7.77. The number of nitrogens with zero attached hydrogens (tertiary/aromatic N) is 2. The lowest BCUT2D eigenvalue weighted by Crippen LogP contribution is -2.44. The molecular weight excluding hydrogens is 526 g/mol. The molecule has 2 amide bonds. The Hall–Kier alpha value is -4.43. The van der Waals surface area contributed by atoms with Gasteiger partial charge < -0.3 is 26.0 Å². The van der Waals surface area contributed by atoms with Crippen molar-refractivity contribution >= 4 is 34.8 Å². The lowest BCUT2D eigenvalue weighted by molar-refractivity contribution is -0.131. The molecule has 8 nitrogen and oxygen atoms in total. The number of urea groups is 1. The van der Waals surface area contributed by atoms with Crippen LogP contribution in [0.4, 0.5) is 10.5 Å². The molecule has 0 bridgehead atoms. The second-order valence-corrected chi connectivity index (χ2v) is 11.4. The average molecular weight is 566 g/mol. The molecule has 1 unspecified atom stereocenters. The average Bonchev–Trinajstić information content (AvgIpc) is 3.73. The minimum absolute atomic E-state index is 0.00496. The number of imidazole rings is 1. The van der Waals surface area contributed by atoms with Crippen molar-refractivity contribution in [1.82, 2.24) is 14.9 Å². The minimum atomic E-state index is -0.922. The molecule has 3 aromatic carbocycles. The van der Waals surface area contributed by atoms with Gasteiger partial charge in [-0.15, -0.1) is 0 Å². The summed E-state index contributed by atoms with van der Waals surface area (Å²) in [4.78, 5) is 33.6. The number of carboxylic acids is 1. The van der Waals surface area contributed by atoms with Gasteiger partial charge in [-0.25, -0.2) is 14.6 Å². The van der Waals surface area contributed by atoms with Crippen LogP contribution >= 0.6 is 0 Å². The van der Waals surface area contributed by atoms with Gasteiger partial charge in [0.05, 0.1) is 17.1 Å². The Morgan fingerprint density at radius 1 is 1.10 bits per heavy atom. The van der Waals surface area contributed by atoms with Crippen LogP contribution in [0.1, 0.15) is 67.2 Å². The molecular formula is C34H39N5O3. The zero-order valence-electron chi connectivity index (χ0n) is 24.2. The van der Waals surface area contributed by atoms with Crippen LogP contribution in [-0.2, 0) is 24.2 Å². The number of nitrogens with one attached hydrogen (secondary N) is 2. The van der Waals surface area contributed by atoms with Gasteiger partial charge in [0.15, 0.2) is 0 Å². The highest BCUT2D eigenvalue weighted by molar-refractivity contribution is 5.93. The van der Waals surface area contributed by atoms with Gasteiger partial charge in [0.25, 0.3) is 0 Å². The first-order valence-corrected chi connectivity index (χ1v) is 14.7. The number of rotatable bonds is 9. The summed E-state index contributed by atoms with van der Waals surface area (Å²) in [5.41, 5.74) is 13.5. The van der Waals surface area contributed by atoms with Gasteiger partial charge in [-0.1, -0.05) is 68.4 Å². The van der Waals surface area contributed by atoms with Crippen molar-refractivity contribution in [3.05, 3.63) is 101 Å². The predicted molar refractivity (Wildman–Crippen MR) is 167 cm³/mol. The maximum absolute atomic E-state index is 12.9. The fourth-order valence-electron chi connectivity index (χ4n) is 5.49. The smallest absolute Gasteiger partial charge is 0.328 e. The second-order valence-electron chi connectivity index (χ2n) is 11.4. The number of benzene rings is 3. The van der Waals surface area contributed by atoms with Gasteiger partial charge in [-0.05, 0) is 72.1 Å². The fourth-order valence-corrected chi connectivity index (χ4v) is 5.49. The predicted octanol–water partition coefficient (Wildman–Crippen LogP) is 6.69. The first-order valence-electron chi connectivity index (χ1n) is 14.7. The van der Waals surface area contributed by atoms with Gasteiger partial charge in [-0.3, -0.25) is 0 Å². The van der Waals surface area contributed by atoms with Gasteiger partial charge in [-0.2, -0.15) is 0 Å². The molecule has 4 aromatic rings. The summed E-state index contributed by atoms with van der Waals surface area (Å²) in [6.45, 7) is 5.02. The van der Waals surface area contributed by atoms with Crippen LogP contribution in [-0.4, -0.2) is 38.0 Å². The van der Waals surface area contributed by atoms with Gasteiger partial charge in [0, 0.05) is 30.8 Å². The van der Waals surface area contributed by atoms with Crippen LogP contribution < -0.4 is 11.1 Å². The lowest BCUT2D eigenvalue weighted by atomic mass is 9.97. The largest absolute Gasteiger partial charge is 0.478 e. The topological polar surface area (TPSA) is 124 Å². The third kappa shape index (κ3) is 6.89. The van der Waals surface area contributed by atoms with Crippen molar-refractivity contribution in [2.24, 2.45) is 11.7 Å². The summed E-state index contributed by atoms with van der Waals surface area (Å²) in [5.74, 6) is 0.632. The molecule has 5 N–H and O–H groups in total. The molecule has 2 aliphatic rings.